The molecule has 29 heavy (non-hydrogen) atoms. The standard InChI is InChI=1S/C20H22ClN3O4S/c1-29(27,28)24-12-10-14(11-13-24)19(25)23-18-5-3-2-4-17(18)20(26)22-16-8-6-15(21)7-9-16/h2-9,14H,10-13H2,1H3,(H,22,26)(H,23,25). The Morgan fingerprint density at radius 3 is 2.24 bits per heavy atom. The van der Waals surface area contributed by atoms with Crippen LogP contribution in [0.3, 0.4) is 0 Å². The van der Waals surface area contributed by atoms with E-state index in [0.29, 0.717) is 47.9 Å². The number of benzene rings is 2. The van der Waals surface area contributed by atoms with Gasteiger partial charge in [0.05, 0.1) is 17.5 Å². The Balaban J connectivity index is 1.66. The van der Waals surface area contributed by atoms with Crippen LogP contribution in [0.4, 0.5) is 11.4 Å². The van der Waals surface area contributed by atoms with Crippen LogP contribution < -0.4 is 10.6 Å². The highest BCUT2D eigenvalue weighted by Crippen LogP contribution is 2.23. The molecule has 1 saturated heterocycles. The first-order chi connectivity index (χ1) is 13.7. The Labute approximate surface area is 175 Å². The number of amides is 2. The number of carbonyl (C=O) groups is 2. The van der Waals surface area contributed by atoms with E-state index in [1.54, 1.807) is 48.5 Å². The van der Waals surface area contributed by atoms with Gasteiger partial charge in [0, 0.05) is 29.7 Å². The Morgan fingerprint density at radius 2 is 1.62 bits per heavy atom. The van der Waals surface area contributed by atoms with Crippen molar-refractivity contribution < 1.29 is 18.0 Å². The normalized spacial score (nSPS) is 15.7. The minimum absolute atomic E-state index is 0.218. The molecule has 0 aromatic heterocycles. The number of nitrogens with one attached hydrogen (secondary N) is 2. The largest absolute Gasteiger partial charge is 0.325 e. The van der Waals surface area contributed by atoms with Crippen molar-refractivity contribution in [3.8, 4) is 0 Å². The number of piperidine rings is 1. The summed E-state index contributed by atoms with van der Waals surface area (Å²) in [5.74, 6) is -0.875. The Morgan fingerprint density at radius 1 is 1.00 bits per heavy atom. The van der Waals surface area contributed by atoms with Crippen LogP contribution in [-0.2, 0) is 14.8 Å². The van der Waals surface area contributed by atoms with Crippen molar-refractivity contribution in [3.05, 3.63) is 59.1 Å². The van der Waals surface area contributed by atoms with Crippen molar-refractivity contribution >= 4 is 44.8 Å². The van der Waals surface area contributed by atoms with E-state index in [1.165, 1.54) is 10.6 Å². The predicted octanol–water partition coefficient (Wildman–Crippen LogP) is 3.20. The fourth-order valence-corrected chi connectivity index (χ4v) is 4.21. The molecule has 0 radical (unpaired) electrons. The van der Waals surface area contributed by atoms with E-state index in [0.717, 1.165) is 0 Å². The second kappa shape index (κ2) is 8.94. The van der Waals surface area contributed by atoms with E-state index < -0.39 is 10.0 Å². The molecule has 1 fully saturated rings. The number of rotatable bonds is 5. The van der Waals surface area contributed by atoms with Gasteiger partial charge < -0.3 is 10.6 Å². The second-order valence-electron chi connectivity index (χ2n) is 6.93. The summed E-state index contributed by atoms with van der Waals surface area (Å²) in [6.07, 6.45) is 2.05. The lowest BCUT2D eigenvalue weighted by Gasteiger charge is -2.29. The summed E-state index contributed by atoms with van der Waals surface area (Å²) in [6, 6.07) is 13.5. The highest BCUT2D eigenvalue weighted by atomic mass is 35.5. The minimum atomic E-state index is -3.24. The Hall–Kier alpha value is -2.42. The third-order valence-electron chi connectivity index (χ3n) is 4.83. The number of nitrogens with zero attached hydrogens (tertiary/aromatic N) is 1. The van der Waals surface area contributed by atoms with Crippen LogP contribution in [0.25, 0.3) is 0 Å². The van der Waals surface area contributed by atoms with Gasteiger partial charge in [-0.1, -0.05) is 23.7 Å². The SMILES string of the molecule is CS(=O)(=O)N1CCC(C(=O)Nc2ccccc2C(=O)Nc2ccc(Cl)cc2)CC1. The van der Waals surface area contributed by atoms with Gasteiger partial charge in [0.1, 0.15) is 0 Å². The van der Waals surface area contributed by atoms with Gasteiger partial charge in [-0.3, -0.25) is 9.59 Å². The van der Waals surface area contributed by atoms with Crippen LogP contribution in [0.5, 0.6) is 0 Å². The van der Waals surface area contributed by atoms with E-state index >= 15 is 0 Å². The van der Waals surface area contributed by atoms with Crippen molar-refractivity contribution in [1.82, 2.24) is 4.31 Å². The van der Waals surface area contributed by atoms with Crippen molar-refractivity contribution in [2.75, 3.05) is 30.0 Å². The number of hydrogen-bond acceptors (Lipinski definition) is 4. The van der Waals surface area contributed by atoms with Crippen molar-refractivity contribution in [2.24, 2.45) is 5.92 Å². The predicted molar refractivity (Wildman–Crippen MR) is 114 cm³/mol. The molecule has 1 heterocycles. The number of sulfonamides is 1. The van der Waals surface area contributed by atoms with Gasteiger partial charge in [-0.25, -0.2) is 12.7 Å². The molecular formula is C20H22ClN3O4S. The summed E-state index contributed by atoms with van der Waals surface area (Å²) < 4.78 is 24.6. The number of para-hydroxylation sites is 1. The Kier molecular flexibility index (Phi) is 6.56. The first-order valence-electron chi connectivity index (χ1n) is 9.16. The average molecular weight is 436 g/mol. The summed E-state index contributed by atoms with van der Waals surface area (Å²) >= 11 is 5.86. The molecule has 0 aliphatic carbocycles. The van der Waals surface area contributed by atoms with E-state index in [-0.39, 0.29) is 17.7 Å². The van der Waals surface area contributed by atoms with Crippen LogP contribution in [0.15, 0.2) is 48.5 Å². The minimum Gasteiger partial charge on any atom is -0.325 e. The summed E-state index contributed by atoms with van der Waals surface area (Å²) in [6.45, 7) is 0.630. The molecule has 2 aromatic rings. The monoisotopic (exact) mass is 435 g/mol. The van der Waals surface area contributed by atoms with E-state index in [2.05, 4.69) is 10.6 Å². The van der Waals surface area contributed by atoms with Crippen LogP contribution >= 0.6 is 11.6 Å². The molecule has 0 atom stereocenters. The fraction of sp³-hybridized carbons (Fsp3) is 0.300. The molecule has 2 N–H and O–H groups in total. The van der Waals surface area contributed by atoms with Crippen LogP contribution in [0, 0.1) is 5.92 Å². The maximum Gasteiger partial charge on any atom is 0.257 e. The van der Waals surface area contributed by atoms with Gasteiger partial charge in [-0.2, -0.15) is 0 Å². The third kappa shape index (κ3) is 5.56. The molecule has 0 saturated carbocycles. The summed E-state index contributed by atoms with van der Waals surface area (Å²) in [4.78, 5) is 25.3. The number of halogens is 1. The number of hydrogen-bond donors (Lipinski definition) is 2. The molecule has 7 nitrogen and oxygen atoms in total. The third-order valence-corrected chi connectivity index (χ3v) is 6.38. The quantitative estimate of drug-likeness (QED) is 0.753. The number of anilines is 2. The van der Waals surface area contributed by atoms with Crippen molar-refractivity contribution in [3.63, 3.8) is 0 Å². The Bertz CT molecular complexity index is 1000. The summed E-state index contributed by atoms with van der Waals surface area (Å²) in [7, 11) is -3.24. The molecule has 2 aromatic carbocycles. The van der Waals surface area contributed by atoms with Crippen LogP contribution in [0.2, 0.25) is 5.02 Å². The summed E-state index contributed by atoms with van der Waals surface area (Å²) in [5, 5.41) is 6.17. The highest BCUT2D eigenvalue weighted by molar-refractivity contribution is 7.88. The van der Waals surface area contributed by atoms with E-state index in [4.69, 9.17) is 11.6 Å². The first kappa shape index (κ1) is 21.3. The number of carbonyl (C=O) groups excluding carboxylic acids is 2. The van der Waals surface area contributed by atoms with Gasteiger partial charge in [-0.15, -0.1) is 0 Å². The molecule has 154 valence electrons. The molecule has 1 aliphatic heterocycles. The first-order valence-corrected chi connectivity index (χ1v) is 11.4. The fourth-order valence-electron chi connectivity index (χ4n) is 3.21. The second-order valence-corrected chi connectivity index (χ2v) is 9.35. The summed E-state index contributed by atoms with van der Waals surface area (Å²) in [5.41, 5.74) is 1.34. The highest BCUT2D eigenvalue weighted by Gasteiger charge is 2.29. The molecule has 1 aliphatic rings. The average Bonchev–Trinajstić information content (AvgIpc) is 2.69. The lowest BCUT2D eigenvalue weighted by molar-refractivity contribution is -0.120. The zero-order valence-corrected chi connectivity index (χ0v) is 17.5. The molecule has 2 amide bonds. The molecule has 9 heteroatoms. The molecule has 0 spiro atoms. The molecule has 0 bridgehead atoms. The molecular weight excluding hydrogens is 414 g/mol. The van der Waals surface area contributed by atoms with Gasteiger partial charge >= 0.3 is 0 Å². The zero-order chi connectivity index (χ0) is 21.0. The van der Waals surface area contributed by atoms with Crippen molar-refractivity contribution in [2.45, 2.75) is 12.8 Å². The van der Waals surface area contributed by atoms with Crippen LogP contribution in [0.1, 0.15) is 23.2 Å². The smallest absolute Gasteiger partial charge is 0.257 e. The van der Waals surface area contributed by atoms with E-state index in [9.17, 15) is 18.0 Å². The lowest BCUT2D eigenvalue weighted by atomic mass is 9.97. The van der Waals surface area contributed by atoms with Crippen molar-refractivity contribution in [1.29, 1.82) is 0 Å². The van der Waals surface area contributed by atoms with E-state index in [1.807, 2.05) is 0 Å². The lowest BCUT2D eigenvalue weighted by Crippen LogP contribution is -2.41. The molecule has 0 unspecified atom stereocenters. The zero-order valence-electron chi connectivity index (χ0n) is 15.9. The van der Waals surface area contributed by atoms with Gasteiger partial charge in [0.2, 0.25) is 15.9 Å². The van der Waals surface area contributed by atoms with Gasteiger partial charge in [0.15, 0.2) is 0 Å². The topological polar surface area (TPSA) is 95.6 Å². The maximum atomic E-state index is 12.7. The maximum absolute atomic E-state index is 12.7. The van der Waals surface area contributed by atoms with Crippen LogP contribution in [-0.4, -0.2) is 43.9 Å². The van der Waals surface area contributed by atoms with Gasteiger partial charge in [-0.05, 0) is 49.2 Å². The van der Waals surface area contributed by atoms with Gasteiger partial charge in [0.25, 0.3) is 5.91 Å². The molecule has 3 rings (SSSR count).